The van der Waals surface area contributed by atoms with Crippen LogP contribution in [-0.4, -0.2) is 47.5 Å². The van der Waals surface area contributed by atoms with Crippen LogP contribution >= 0.6 is 11.3 Å². The molecule has 3 heterocycles. The summed E-state index contributed by atoms with van der Waals surface area (Å²) in [6.07, 6.45) is 4.19. The summed E-state index contributed by atoms with van der Waals surface area (Å²) in [5.74, 6) is -0.710. The van der Waals surface area contributed by atoms with Crippen molar-refractivity contribution in [1.29, 1.82) is 0 Å². The van der Waals surface area contributed by atoms with Crippen LogP contribution in [0.3, 0.4) is 0 Å². The van der Waals surface area contributed by atoms with Crippen LogP contribution < -0.4 is 4.74 Å². The molecule has 0 fully saturated rings. The molecule has 0 N–H and O–H groups in total. The van der Waals surface area contributed by atoms with Crippen LogP contribution in [0.25, 0.3) is 27.3 Å². The first-order valence-corrected chi connectivity index (χ1v) is 15.9. The third-order valence-corrected chi connectivity index (χ3v) is 9.96. The molecule has 0 unspecified atom stereocenters. The zero-order valence-electron chi connectivity index (χ0n) is 22.6. The van der Waals surface area contributed by atoms with Crippen LogP contribution in [0, 0.1) is 5.82 Å². The van der Waals surface area contributed by atoms with Crippen molar-refractivity contribution >= 4 is 32.0 Å². The predicted molar refractivity (Wildman–Crippen MR) is 158 cm³/mol. The molecule has 1 aliphatic rings. The molecule has 10 heteroatoms. The van der Waals surface area contributed by atoms with Gasteiger partial charge in [0.15, 0.2) is 14.8 Å². The van der Waals surface area contributed by atoms with Crippen LogP contribution in [0.4, 0.5) is 4.39 Å². The molecular formula is C31H28FN3O4S2. The number of ether oxygens (including phenoxy) is 1. The first-order valence-electron chi connectivity index (χ1n) is 13.4. The minimum atomic E-state index is -3.75. The third kappa shape index (κ3) is 5.02. The van der Waals surface area contributed by atoms with Crippen molar-refractivity contribution in [2.75, 3.05) is 18.9 Å². The van der Waals surface area contributed by atoms with Gasteiger partial charge in [0, 0.05) is 46.6 Å². The molecule has 0 saturated carbocycles. The summed E-state index contributed by atoms with van der Waals surface area (Å²) >= 11 is 1.59. The molecule has 7 nitrogen and oxygen atoms in total. The average molecular weight is 590 g/mol. The number of carbonyl (C=O) groups is 1. The van der Waals surface area contributed by atoms with Crippen molar-refractivity contribution in [2.45, 2.75) is 31.7 Å². The van der Waals surface area contributed by atoms with Gasteiger partial charge >= 0.3 is 0 Å². The zero-order chi connectivity index (χ0) is 28.7. The highest BCUT2D eigenvalue weighted by Crippen LogP contribution is 2.32. The second kappa shape index (κ2) is 10.8. The molecule has 0 atom stereocenters. The lowest BCUT2D eigenvalue weighted by Crippen LogP contribution is -2.33. The molecule has 1 amide bonds. The second-order valence-corrected chi connectivity index (χ2v) is 13.0. The molecule has 0 spiro atoms. The molecule has 0 aliphatic carbocycles. The van der Waals surface area contributed by atoms with Gasteiger partial charge in [-0.1, -0.05) is 44.2 Å². The molecule has 41 heavy (non-hydrogen) atoms. The maximum Gasteiger partial charge on any atom is 0.254 e. The molecular weight excluding hydrogens is 561 g/mol. The van der Waals surface area contributed by atoms with E-state index in [0.29, 0.717) is 18.9 Å². The lowest BCUT2D eigenvalue weighted by molar-refractivity contribution is 0.0731. The van der Waals surface area contributed by atoms with E-state index in [0.717, 1.165) is 32.9 Å². The lowest BCUT2D eigenvalue weighted by Gasteiger charge is -2.22. The minimum absolute atomic E-state index is 0.112. The van der Waals surface area contributed by atoms with Gasteiger partial charge in [-0.05, 0) is 41.8 Å². The van der Waals surface area contributed by atoms with E-state index in [2.05, 4.69) is 4.98 Å². The Balaban J connectivity index is 1.27. The Morgan fingerprint density at radius 2 is 1.80 bits per heavy atom. The highest BCUT2D eigenvalue weighted by molar-refractivity contribution is 7.91. The summed E-state index contributed by atoms with van der Waals surface area (Å²) in [5.41, 5.74) is 5.06. The molecule has 0 radical (unpaired) electrons. The van der Waals surface area contributed by atoms with Crippen LogP contribution in [0.2, 0.25) is 0 Å². The summed E-state index contributed by atoms with van der Waals surface area (Å²) in [5, 5.41) is 2.00. The Bertz CT molecular complexity index is 1850. The maximum atomic E-state index is 15.3. The fourth-order valence-corrected chi connectivity index (χ4v) is 6.84. The van der Waals surface area contributed by atoms with Crippen LogP contribution in [-0.2, 0) is 22.8 Å². The van der Waals surface area contributed by atoms with E-state index in [9.17, 15) is 13.2 Å². The van der Waals surface area contributed by atoms with Gasteiger partial charge in [0.25, 0.3) is 5.91 Å². The molecule has 0 bridgehead atoms. The number of thiazole rings is 1. The third-order valence-electron chi connectivity index (χ3n) is 7.44. The number of hydrogen-bond acceptors (Lipinski definition) is 6. The molecule has 6 rings (SSSR count). The summed E-state index contributed by atoms with van der Waals surface area (Å²) in [6, 6.07) is 16.7. The van der Waals surface area contributed by atoms with E-state index >= 15 is 4.39 Å². The van der Waals surface area contributed by atoms with Crippen LogP contribution in [0.15, 0.2) is 77.3 Å². The molecule has 2 aromatic heterocycles. The number of carbonyl (C=O) groups excluding carboxylic acids is 1. The van der Waals surface area contributed by atoms with Crippen LogP contribution in [0.1, 0.15) is 35.3 Å². The minimum Gasteiger partial charge on any atom is -0.491 e. The summed E-state index contributed by atoms with van der Waals surface area (Å²) in [4.78, 5) is 20.5. The van der Waals surface area contributed by atoms with E-state index in [1.807, 2.05) is 64.6 Å². The van der Waals surface area contributed by atoms with Crippen molar-refractivity contribution in [1.82, 2.24) is 14.3 Å². The maximum absolute atomic E-state index is 15.3. The molecule has 3 aromatic carbocycles. The van der Waals surface area contributed by atoms with E-state index < -0.39 is 15.7 Å². The number of nitrogens with zero attached hydrogens (tertiary/aromatic N) is 3. The molecule has 0 saturated heterocycles. The Morgan fingerprint density at radius 3 is 2.54 bits per heavy atom. The monoisotopic (exact) mass is 589 g/mol. The van der Waals surface area contributed by atoms with Crippen molar-refractivity contribution < 1.29 is 22.3 Å². The first kappa shape index (κ1) is 27.2. The number of halogens is 1. The van der Waals surface area contributed by atoms with Crippen LogP contribution in [0.5, 0.6) is 5.75 Å². The fraction of sp³-hybridized carbons (Fsp3) is 0.226. The normalized spacial score (nSPS) is 13.6. The standard InChI is InChI=1S/C31H28FN3O4S2/c1-3-24-25(10-12-28(29(24)32)41(37,38)4-2)30(36)34-13-15-39-27-11-9-22(17-23(27)18-34)20-5-7-21(8-6-20)26-19-35-14-16-40-31(35)33-26/h5-12,14,16-17,19H,3-4,13,15,18H2,1-2H3. The van der Waals surface area contributed by atoms with Gasteiger partial charge < -0.3 is 9.64 Å². The van der Waals surface area contributed by atoms with E-state index in [-0.39, 0.29) is 40.6 Å². The number of benzene rings is 3. The Kier molecular flexibility index (Phi) is 7.13. The van der Waals surface area contributed by atoms with E-state index in [4.69, 9.17) is 4.74 Å². The Morgan fingerprint density at radius 1 is 1.05 bits per heavy atom. The lowest BCUT2D eigenvalue weighted by atomic mass is 10.00. The summed E-state index contributed by atoms with van der Waals surface area (Å²) in [6.45, 7) is 4.08. The molecule has 5 aromatic rings. The number of hydrogen-bond donors (Lipinski definition) is 0. The number of fused-ring (bicyclic) bond motifs is 2. The quantitative estimate of drug-likeness (QED) is 0.234. The van der Waals surface area contributed by atoms with Crippen molar-refractivity contribution in [3.8, 4) is 28.1 Å². The van der Waals surface area contributed by atoms with Crippen molar-refractivity contribution in [3.63, 3.8) is 0 Å². The topological polar surface area (TPSA) is 81.0 Å². The van der Waals surface area contributed by atoms with Crippen molar-refractivity contribution in [2.24, 2.45) is 0 Å². The van der Waals surface area contributed by atoms with Gasteiger partial charge in [0.1, 0.15) is 23.1 Å². The first-order chi connectivity index (χ1) is 19.8. The average Bonchev–Trinajstić information content (AvgIpc) is 3.53. The van der Waals surface area contributed by atoms with E-state index in [1.165, 1.54) is 19.1 Å². The summed E-state index contributed by atoms with van der Waals surface area (Å²) < 4.78 is 48.0. The van der Waals surface area contributed by atoms with Gasteiger partial charge in [0.05, 0.1) is 18.0 Å². The summed E-state index contributed by atoms with van der Waals surface area (Å²) in [7, 11) is -3.75. The van der Waals surface area contributed by atoms with Gasteiger partial charge in [-0.3, -0.25) is 9.20 Å². The Hall–Kier alpha value is -4.02. The predicted octanol–water partition coefficient (Wildman–Crippen LogP) is 6.26. The SMILES string of the molecule is CCc1c(C(=O)N2CCOc3ccc(-c4ccc(-c5cn6ccsc6n5)cc4)cc3C2)ccc(S(=O)(=O)CC)c1F. The highest BCUT2D eigenvalue weighted by Gasteiger charge is 2.27. The number of rotatable bonds is 6. The fourth-order valence-electron chi connectivity index (χ4n) is 5.16. The molecule has 210 valence electrons. The van der Waals surface area contributed by atoms with E-state index in [1.54, 1.807) is 23.2 Å². The number of aromatic nitrogens is 2. The number of imidazole rings is 1. The number of sulfone groups is 1. The largest absolute Gasteiger partial charge is 0.491 e. The number of amides is 1. The van der Waals surface area contributed by atoms with Gasteiger partial charge in [0.2, 0.25) is 0 Å². The van der Waals surface area contributed by atoms with Gasteiger partial charge in [-0.15, -0.1) is 11.3 Å². The molecule has 1 aliphatic heterocycles. The second-order valence-electron chi connectivity index (χ2n) is 9.85. The van der Waals surface area contributed by atoms with Gasteiger partial charge in [-0.25, -0.2) is 17.8 Å². The highest BCUT2D eigenvalue weighted by atomic mass is 32.2. The smallest absolute Gasteiger partial charge is 0.254 e. The van der Waals surface area contributed by atoms with Gasteiger partial charge in [-0.2, -0.15) is 0 Å². The van der Waals surface area contributed by atoms with Crippen molar-refractivity contribution in [3.05, 3.63) is 94.9 Å². The zero-order valence-corrected chi connectivity index (χ0v) is 24.3. The Labute approximate surface area is 241 Å².